The highest BCUT2D eigenvalue weighted by molar-refractivity contribution is 14.1. The molecular formula is C7H9IO2. The van der Waals surface area contributed by atoms with E-state index in [9.17, 15) is 4.79 Å². The number of alkyl halides is 1. The molecule has 0 radical (unpaired) electrons. The summed E-state index contributed by atoms with van der Waals surface area (Å²) in [6.45, 7) is 0. The SMILES string of the molecule is O=C(O)C1CC=CCC1I. The van der Waals surface area contributed by atoms with Crippen LogP contribution in [0.2, 0.25) is 0 Å². The molecule has 2 atom stereocenters. The summed E-state index contributed by atoms with van der Waals surface area (Å²) in [5, 5.41) is 8.67. The van der Waals surface area contributed by atoms with Gasteiger partial charge in [0.25, 0.3) is 0 Å². The number of carboxylic acid groups (broad SMARTS) is 1. The van der Waals surface area contributed by atoms with E-state index in [-0.39, 0.29) is 9.84 Å². The first-order valence-corrected chi connectivity index (χ1v) is 4.48. The zero-order chi connectivity index (χ0) is 7.56. The van der Waals surface area contributed by atoms with Crippen molar-refractivity contribution < 1.29 is 9.90 Å². The highest BCUT2D eigenvalue weighted by Crippen LogP contribution is 2.25. The van der Waals surface area contributed by atoms with Crippen LogP contribution in [0.3, 0.4) is 0 Å². The summed E-state index contributed by atoms with van der Waals surface area (Å²) in [7, 11) is 0. The van der Waals surface area contributed by atoms with Crippen LogP contribution in [0.4, 0.5) is 0 Å². The van der Waals surface area contributed by atoms with Crippen molar-refractivity contribution in [2.45, 2.75) is 16.8 Å². The maximum atomic E-state index is 10.5. The van der Waals surface area contributed by atoms with E-state index in [4.69, 9.17) is 5.11 Å². The van der Waals surface area contributed by atoms with Gasteiger partial charge in [0.15, 0.2) is 0 Å². The molecule has 0 saturated heterocycles. The third kappa shape index (κ3) is 1.71. The lowest BCUT2D eigenvalue weighted by molar-refractivity contribution is -0.141. The molecule has 0 aromatic carbocycles. The van der Waals surface area contributed by atoms with Crippen molar-refractivity contribution in [1.29, 1.82) is 0 Å². The largest absolute Gasteiger partial charge is 0.481 e. The quantitative estimate of drug-likeness (QED) is 0.439. The van der Waals surface area contributed by atoms with Crippen molar-refractivity contribution in [3.63, 3.8) is 0 Å². The molecule has 1 aliphatic rings. The Labute approximate surface area is 73.5 Å². The Bertz CT molecular complexity index is 165. The molecule has 0 bridgehead atoms. The Morgan fingerprint density at radius 1 is 1.50 bits per heavy atom. The van der Waals surface area contributed by atoms with Gasteiger partial charge in [-0.15, -0.1) is 0 Å². The summed E-state index contributed by atoms with van der Waals surface area (Å²) in [6, 6.07) is 0. The molecule has 1 aliphatic carbocycles. The number of halogens is 1. The second kappa shape index (κ2) is 3.37. The third-order valence-electron chi connectivity index (χ3n) is 1.67. The standard InChI is InChI=1S/C7H9IO2/c8-6-4-2-1-3-5(6)7(9)10/h1-2,5-6H,3-4H2,(H,9,10). The lowest BCUT2D eigenvalue weighted by Gasteiger charge is -2.18. The molecule has 0 saturated carbocycles. The maximum absolute atomic E-state index is 10.5. The number of carbonyl (C=O) groups is 1. The predicted molar refractivity (Wildman–Crippen MR) is 47.3 cm³/mol. The first-order chi connectivity index (χ1) is 4.72. The highest BCUT2D eigenvalue weighted by Gasteiger charge is 2.25. The van der Waals surface area contributed by atoms with E-state index in [0.29, 0.717) is 6.42 Å². The summed E-state index contributed by atoms with van der Waals surface area (Å²) in [4.78, 5) is 10.5. The van der Waals surface area contributed by atoms with E-state index >= 15 is 0 Å². The lowest BCUT2D eigenvalue weighted by Crippen LogP contribution is -2.24. The van der Waals surface area contributed by atoms with Crippen molar-refractivity contribution in [3.8, 4) is 0 Å². The van der Waals surface area contributed by atoms with Crippen LogP contribution in [0.15, 0.2) is 12.2 Å². The van der Waals surface area contributed by atoms with Gasteiger partial charge in [-0.1, -0.05) is 34.7 Å². The number of allylic oxidation sites excluding steroid dienone is 2. The van der Waals surface area contributed by atoms with Crippen LogP contribution in [0.1, 0.15) is 12.8 Å². The van der Waals surface area contributed by atoms with E-state index in [1.165, 1.54) is 0 Å². The number of aliphatic carboxylic acids is 1. The van der Waals surface area contributed by atoms with Crippen LogP contribution in [0.5, 0.6) is 0 Å². The number of rotatable bonds is 1. The van der Waals surface area contributed by atoms with Gasteiger partial charge >= 0.3 is 5.97 Å². The van der Waals surface area contributed by atoms with Crippen molar-refractivity contribution >= 4 is 28.6 Å². The topological polar surface area (TPSA) is 37.3 Å². The first kappa shape index (κ1) is 8.04. The molecule has 1 N–H and O–H groups in total. The summed E-state index contributed by atoms with van der Waals surface area (Å²) >= 11 is 2.20. The van der Waals surface area contributed by atoms with Gasteiger partial charge in [-0.2, -0.15) is 0 Å². The molecule has 1 rings (SSSR count). The van der Waals surface area contributed by atoms with Crippen LogP contribution in [-0.4, -0.2) is 15.0 Å². The minimum absolute atomic E-state index is 0.161. The van der Waals surface area contributed by atoms with Gasteiger partial charge in [-0.05, 0) is 12.8 Å². The molecule has 56 valence electrons. The van der Waals surface area contributed by atoms with Crippen LogP contribution in [0.25, 0.3) is 0 Å². The number of hydrogen-bond acceptors (Lipinski definition) is 1. The molecule has 0 spiro atoms. The molecule has 0 aliphatic heterocycles. The number of carboxylic acids is 1. The second-order valence-electron chi connectivity index (χ2n) is 2.40. The van der Waals surface area contributed by atoms with Gasteiger partial charge < -0.3 is 5.11 Å². The van der Waals surface area contributed by atoms with Crippen LogP contribution >= 0.6 is 22.6 Å². The maximum Gasteiger partial charge on any atom is 0.307 e. The molecular weight excluding hydrogens is 243 g/mol. The zero-order valence-electron chi connectivity index (χ0n) is 5.46. The van der Waals surface area contributed by atoms with Crippen molar-refractivity contribution in [1.82, 2.24) is 0 Å². The van der Waals surface area contributed by atoms with Gasteiger partial charge in [-0.25, -0.2) is 0 Å². The lowest BCUT2D eigenvalue weighted by atomic mass is 9.95. The Balaban J connectivity index is 2.59. The predicted octanol–water partition coefficient (Wildman–Crippen LogP) is 1.84. The summed E-state index contributed by atoms with van der Waals surface area (Å²) in [6.07, 6.45) is 5.60. The minimum atomic E-state index is -0.663. The second-order valence-corrected chi connectivity index (χ2v) is 4.00. The highest BCUT2D eigenvalue weighted by atomic mass is 127. The molecule has 10 heavy (non-hydrogen) atoms. The minimum Gasteiger partial charge on any atom is -0.481 e. The van der Waals surface area contributed by atoms with E-state index in [1.807, 2.05) is 6.08 Å². The Hall–Kier alpha value is -0.0600. The molecule has 3 heteroatoms. The Morgan fingerprint density at radius 2 is 2.10 bits per heavy atom. The normalized spacial score (nSPS) is 32.1. The summed E-state index contributed by atoms with van der Waals surface area (Å²) < 4.78 is 0.278. The van der Waals surface area contributed by atoms with Crippen molar-refractivity contribution in [2.24, 2.45) is 5.92 Å². The van der Waals surface area contributed by atoms with Gasteiger partial charge in [0.2, 0.25) is 0 Å². The smallest absolute Gasteiger partial charge is 0.307 e. The molecule has 0 aromatic heterocycles. The van der Waals surface area contributed by atoms with Crippen molar-refractivity contribution in [2.75, 3.05) is 0 Å². The third-order valence-corrected chi connectivity index (χ3v) is 3.05. The fraction of sp³-hybridized carbons (Fsp3) is 0.571. The molecule has 2 unspecified atom stereocenters. The van der Waals surface area contributed by atoms with Crippen LogP contribution in [-0.2, 0) is 4.79 Å². The Kier molecular flexibility index (Phi) is 2.71. The Morgan fingerprint density at radius 3 is 2.50 bits per heavy atom. The van der Waals surface area contributed by atoms with E-state index in [0.717, 1.165) is 6.42 Å². The first-order valence-electron chi connectivity index (χ1n) is 3.23. The van der Waals surface area contributed by atoms with E-state index in [2.05, 4.69) is 28.7 Å². The molecule has 2 nitrogen and oxygen atoms in total. The monoisotopic (exact) mass is 252 g/mol. The fourth-order valence-electron chi connectivity index (χ4n) is 1.04. The molecule has 0 fully saturated rings. The molecule has 0 aromatic rings. The van der Waals surface area contributed by atoms with Gasteiger partial charge in [0.05, 0.1) is 5.92 Å². The zero-order valence-corrected chi connectivity index (χ0v) is 7.61. The molecule has 0 amide bonds. The van der Waals surface area contributed by atoms with Gasteiger partial charge in [0, 0.05) is 3.92 Å². The van der Waals surface area contributed by atoms with Crippen LogP contribution < -0.4 is 0 Å². The summed E-state index contributed by atoms with van der Waals surface area (Å²) in [5.74, 6) is -0.825. The van der Waals surface area contributed by atoms with Crippen molar-refractivity contribution in [3.05, 3.63) is 12.2 Å². The summed E-state index contributed by atoms with van der Waals surface area (Å²) in [5.41, 5.74) is 0. The average Bonchev–Trinajstić information content (AvgIpc) is 1.88. The number of hydrogen-bond donors (Lipinski definition) is 1. The molecule has 0 heterocycles. The van der Waals surface area contributed by atoms with E-state index in [1.54, 1.807) is 0 Å². The average molecular weight is 252 g/mol. The van der Waals surface area contributed by atoms with Gasteiger partial charge in [0.1, 0.15) is 0 Å². The van der Waals surface area contributed by atoms with Crippen LogP contribution in [0, 0.1) is 5.92 Å². The van der Waals surface area contributed by atoms with E-state index < -0.39 is 5.97 Å². The fourth-order valence-corrected chi connectivity index (χ4v) is 1.93. The van der Waals surface area contributed by atoms with Gasteiger partial charge in [-0.3, -0.25) is 4.79 Å².